The molecule has 6 atom stereocenters. The summed E-state index contributed by atoms with van der Waals surface area (Å²) in [5.74, 6) is 4.20. The zero-order valence-corrected chi connectivity index (χ0v) is 42.2. The zero-order chi connectivity index (χ0) is 53.9. The van der Waals surface area contributed by atoms with E-state index in [1.807, 2.05) is 70.5 Å². The van der Waals surface area contributed by atoms with Crippen LogP contribution in [-0.4, -0.2) is 106 Å². The number of piperazine rings is 1. The van der Waals surface area contributed by atoms with Crippen LogP contribution in [0.4, 0.5) is 22.1 Å². The molecule has 392 valence electrons. The maximum absolute atomic E-state index is 16.9. The molecule has 0 bridgehead atoms. The number of aliphatic hydroxyl groups is 1. The number of fused-ring (bicyclic) bond motifs is 3. The van der Waals surface area contributed by atoms with Crippen molar-refractivity contribution in [2.75, 3.05) is 56.3 Å². The maximum Gasteiger partial charge on any atom is 0.421 e. The molecule has 6 aromatic carbocycles. The number of anilines is 2. The summed E-state index contributed by atoms with van der Waals surface area (Å²) in [6, 6.07) is 41.5. The fourth-order valence-electron chi connectivity index (χ4n) is 11.4. The monoisotopic (exact) mass is 1050 g/mol. The second-order valence-electron chi connectivity index (χ2n) is 19.1. The molecule has 3 saturated heterocycles. The molecule has 0 radical (unpaired) electrons. The SMILES string of the molecule is COc1ccc(C#Cc2ccc3c(c2)[C@]2(C(=O)N3C(=O)OCc3ccc([N+](=O)[O-])cc3)[C@H](C(=O)N3CCN(c4ncccn4)CC3)[C@H]3C(=O)O[C@H](c4ccccc4)[C@H](c4ccccc4)N3[C@@H]2c2cccc(OCCO)c2)cc1. The Morgan fingerprint density at radius 1 is 0.756 bits per heavy atom. The van der Waals surface area contributed by atoms with E-state index in [-0.39, 0.29) is 49.8 Å². The fourth-order valence-corrected chi connectivity index (χ4v) is 11.4. The van der Waals surface area contributed by atoms with Crippen LogP contribution in [0, 0.1) is 27.9 Å². The van der Waals surface area contributed by atoms with Crippen molar-refractivity contribution in [3.63, 3.8) is 0 Å². The number of morpholine rings is 1. The molecule has 1 spiro atoms. The Bertz CT molecular complexity index is 3440. The molecule has 11 rings (SSSR count). The van der Waals surface area contributed by atoms with Crippen LogP contribution in [0.3, 0.4) is 0 Å². The van der Waals surface area contributed by atoms with E-state index in [1.165, 1.54) is 24.3 Å². The molecular formula is C60H51N7O11. The van der Waals surface area contributed by atoms with E-state index in [2.05, 4.69) is 21.8 Å². The quantitative estimate of drug-likeness (QED) is 0.0544. The number of carbonyl (C=O) groups excluding carboxylic acids is 4. The number of ether oxygens (including phenoxy) is 4. The first kappa shape index (κ1) is 50.7. The summed E-state index contributed by atoms with van der Waals surface area (Å²) in [6.07, 6.45) is 1.21. The Morgan fingerprint density at radius 2 is 1.42 bits per heavy atom. The lowest BCUT2D eigenvalue weighted by Gasteiger charge is -2.46. The minimum absolute atomic E-state index is 0.0614. The second-order valence-corrected chi connectivity index (χ2v) is 19.1. The van der Waals surface area contributed by atoms with Gasteiger partial charge in [0.05, 0.1) is 42.3 Å². The Labute approximate surface area is 448 Å². The lowest BCUT2D eigenvalue weighted by Crippen LogP contribution is -2.59. The molecule has 3 fully saturated rings. The Morgan fingerprint density at radius 3 is 2.10 bits per heavy atom. The van der Waals surface area contributed by atoms with Crippen molar-refractivity contribution in [2.45, 2.75) is 36.3 Å². The third kappa shape index (κ3) is 9.28. The largest absolute Gasteiger partial charge is 0.497 e. The predicted octanol–water partition coefficient (Wildman–Crippen LogP) is 7.52. The summed E-state index contributed by atoms with van der Waals surface area (Å²) in [4.78, 5) is 90.5. The van der Waals surface area contributed by atoms with Gasteiger partial charge >= 0.3 is 12.1 Å². The van der Waals surface area contributed by atoms with Gasteiger partial charge in [-0.3, -0.25) is 29.4 Å². The van der Waals surface area contributed by atoms with E-state index in [0.29, 0.717) is 63.9 Å². The number of carbonyl (C=O) groups is 4. The van der Waals surface area contributed by atoms with Gasteiger partial charge in [0.15, 0.2) is 0 Å². The Kier molecular flexibility index (Phi) is 14.1. The molecule has 0 unspecified atom stereocenters. The fraction of sp³-hybridized carbons (Fsp3) is 0.233. The number of hydrogen-bond acceptors (Lipinski definition) is 15. The number of benzene rings is 6. The molecule has 5 heterocycles. The number of aliphatic hydroxyl groups excluding tert-OH is 1. The van der Waals surface area contributed by atoms with Gasteiger partial charge in [-0.05, 0) is 101 Å². The van der Waals surface area contributed by atoms with E-state index >= 15 is 19.2 Å². The standard InChI is InChI=1S/C60H51N7O11/c1-75-46-25-20-39(21-26-46)16-17-40-22-27-49-48(36-40)60(57(71)65(49)59(72)77-38-41-18-23-45(24-19-41)67(73)74)50(55(69)63-30-32-64(33-31-63)58-61-28-9-29-62-58)52-56(70)78-53(43-12-6-3-7-13-43)51(42-10-4-2-5-11-42)66(52)54(60)44-14-8-15-47(37-44)76-35-34-68/h2-15,18-29,36-37,50-54,68H,30-35,38H2,1H3/t50-,51-,52-,53+,54+,60-/m0/s1. The van der Waals surface area contributed by atoms with Gasteiger partial charge in [0, 0.05) is 61.8 Å². The first-order valence-electron chi connectivity index (χ1n) is 25.4. The molecule has 4 aliphatic rings. The maximum atomic E-state index is 16.9. The number of methoxy groups -OCH3 is 1. The van der Waals surface area contributed by atoms with E-state index < -0.39 is 64.4 Å². The Balaban J connectivity index is 1.15. The van der Waals surface area contributed by atoms with Crippen molar-refractivity contribution >= 4 is 41.2 Å². The van der Waals surface area contributed by atoms with Gasteiger partial charge in [0.2, 0.25) is 17.8 Å². The molecule has 18 heteroatoms. The molecule has 4 aliphatic heterocycles. The normalized spacial score (nSPS) is 21.5. The summed E-state index contributed by atoms with van der Waals surface area (Å²) < 4.78 is 24.1. The number of hydrogen-bond donors (Lipinski definition) is 1. The molecule has 18 nitrogen and oxygen atoms in total. The third-order valence-electron chi connectivity index (χ3n) is 14.8. The Hall–Kier alpha value is -9.44. The minimum atomic E-state index is -2.14. The van der Waals surface area contributed by atoms with E-state index in [1.54, 1.807) is 97.2 Å². The van der Waals surface area contributed by atoms with Crippen molar-refractivity contribution in [1.82, 2.24) is 19.8 Å². The van der Waals surface area contributed by atoms with E-state index in [4.69, 9.17) is 18.9 Å². The molecule has 1 aromatic heterocycles. The number of non-ortho nitro benzene ring substituents is 1. The topological polar surface area (TPSA) is 207 Å². The number of nitro groups is 1. The number of nitrogens with zero attached hydrogens (tertiary/aromatic N) is 7. The number of amides is 3. The lowest BCUT2D eigenvalue weighted by molar-refractivity contribution is -0.384. The highest BCUT2D eigenvalue weighted by atomic mass is 16.6. The number of nitro benzene ring substituents is 1. The lowest BCUT2D eigenvalue weighted by atomic mass is 9.64. The van der Waals surface area contributed by atoms with Gasteiger partial charge in [0.1, 0.15) is 42.3 Å². The van der Waals surface area contributed by atoms with Crippen LogP contribution in [0.25, 0.3) is 0 Å². The van der Waals surface area contributed by atoms with Gasteiger partial charge in [0.25, 0.3) is 5.69 Å². The number of rotatable bonds is 12. The first-order chi connectivity index (χ1) is 38.1. The average Bonchev–Trinajstić information content (AvgIpc) is 4.02. The number of esters is 1. The van der Waals surface area contributed by atoms with Crippen LogP contribution in [0.1, 0.15) is 57.1 Å². The molecule has 7 aromatic rings. The highest BCUT2D eigenvalue weighted by Gasteiger charge is 2.76. The zero-order valence-electron chi connectivity index (χ0n) is 42.2. The summed E-state index contributed by atoms with van der Waals surface area (Å²) >= 11 is 0. The number of imide groups is 1. The van der Waals surface area contributed by atoms with Crippen LogP contribution in [-0.2, 0) is 35.9 Å². The third-order valence-corrected chi connectivity index (χ3v) is 14.8. The predicted molar refractivity (Wildman–Crippen MR) is 284 cm³/mol. The smallest absolute Gasteiger partial charge is 0.421 e. The van der Waals surface area contributed by atoms with Crippen LogP contribution in [0.2, 0.25) is 0 Å². The highest BCUT2D eigenvalue weighted by Crippen LogP contribution is 2.66. The van der Waals surface area contributed by atoms with Gasteiger partial charge < -0.3 is 33.9 Å². The van der Waals surface area contributed by atoms with Crippen LogP contribution < -0.4 is 19.3 Å². The summed E-state index contributed by atoms with van der Waals surface area (Å²) in [6.45, 7) is 0.220. The van der Waals surface area contributed by atoms with Crippen LogP contribution in [0.5, 0.6) is 11.5 Å². The first-order valence-corrected chi connectivity index (χ1v) is 25.4. The molecule has 78 heavy (non-hydrogen) atoms. The van der Waals surface area contributed by atoms with Gasteiger partial charge in [-0.1, -0.05) is 84.6 Å². The number of aromatic nitrogens is 2. The summed E-state index contributed by atoms with van der Waals surface area (Å²) in [7, 11) is 1.57. The molecular weight excluding hydrogens is 995 g/mol. The molecule has 3 amide bonds. The molecule has 0 aliphatic carbocycles. The van der Waals surface area contributed by atoms with Crippen molar-refractivity contribution < 1.29 is 48.2 Å². The molecule has 0 saturated carbocycles. The van der Waals surface area contributed by atoms with Crippen LogP contribution >= 0.6 is 0 Å². The van der Waals surface area contributed by atoms with Gasteiger partial charge in [-0.15, -0.1) is 0 Å². The van der Waals surface area contributed by atoms with Crippen molar-refractivity contribution in [3.8, 4) is 23.3 Å². The average molecular weight is 1050 g/mol. The van der Waals surface area contributed by atoms with E-state index in [9.17, 15) is 15.2 Å². The second kappa shape index (κ2) is 21.7. The summed E-state index contributed by atoms with van der Waals surface area (Å²) in [5, 5.41) is 21.4. The van der Waals surface area contributed by atoms with E-state index in [0.717, 1.165) is 4.90 Å². The number of cyclic esters (lactones) is 1. The van der Waals surface area contributed by atoms with Crippen LogP contribution in [0.15, 0.2) is 170 Å². The summed E-state index contributed by atoms with van der Waals surface area (Å²) in [5.41, 5.74) is 1.32. The van der Waals surface area contributed by atoms with Gasteiger partial charge in [-0.25, -0.2) is 19.7 Å². The van der Waals surface area contributed by atoms with Crippen molar-refractivity contribution in [3.05, 3.63) is 219 Å². The van der Waals surface area contributed by atoms with Crippen molar-refractivity contribution in [2.24, 2.45) is 5.92 Å². The van der Waals surface area contributed by atoms with Gasteiger partial charge in [-0.2, -0.15) is 0 Å². The highest BCUT2D eigenvalue weighted by molar-refractivity contribution is 6.23. The minimum Gasteiger partial charge on any atom is -0.497 e. The molecule has 1 N–H and O–H groups in total. The van der Waals surface area contributed by atoms with Crippen molar-refractivity contribution in [1.29, 1.82) is 0 Å².